The zero-order valence-corrected chi connectivity index (χ0v) is 26.4. The van der Waals surface area contributed by atoms with Gasteiger partial charge in [0.25, 0.3) is 5.91 Å². The number of halogens is 2. The molecule has 6 heterocycles. The van der Waals surface area contributed by atoms with Crippen LogP contribution in [0.4, 0.5) is 14.6 Å². The molecular formula is C22H22F2N9O9P2S2+. The summed E-state index contributed by atoms with van der Waals surface area (Å²) in [4.78, 5) is 24.0. The third-order valence-electron chi connectivity index (χ3n) is 7.50. The zero-order valence-electron chi connectivity index (χ0n) is 22.9. The Bertz CT molecular complexity index is 1890. The normalized spacial score (nSPS) is 34.6. The highest BCUT2D eigenvalue weighted by molar-refractivity contribution is 8.93. The molecule has 3 aliphatic heterocycles. The number of imidazole rings is 1. The summed E-state index contributed by atoms with van der Waals surface area (Å²) < 4.78 is 94.7. The minimum atomic E-state index is -4.35. The molecule has 46 heavy (non-hydrogen) atoms. The van der Waals surface area contributed by atoms with E-state index in [1.807, 2.05) is 0 Å². The number of hydrogen-bond acceptors (Lipinski definition) is 17. The summed E-state index contributed by atoms with van der Waals surface area (Å²) in [7, 11) is -2.77. The molecule has 18 nitrogen and oxygen atoms in total. The number of nitrogen functional groups attached to an aromatic ring is 1. The molecule has 0 spiro atoms. The third-order valence-corrected chi connectivity index (χ3v) is 12.4. The van der Waals surface area contributed by atoms with E-state index >= 15 is 8.78 Å². The first-order valence-corrected chi connectivity index (χ1v) is 18.4. The number of thiol groups is 1. The summed E-state index contributed by atoms with van der Waals surface area (Å²) in [5.41, 5.74) is 12.0. The molecule has 4 N–H and O–H groups in total. The lowest BCUT2D eigenvalue weighted by Gasteiger charge is -2.24. The van der Waals surface area contributed by atoms with Crippen LogP contribution in [0.1, 0.15) is 22.8 Å². The second-order valence-electron chi connectivity index (χ2n) is 10.2. The van der Waals surface area contributed by atoms with Crippen molar-refractivity contribution in [2.24, 2.45) is 5.73 Å². The van der Waals surface area contributed by atoms with Crippen LogP contribution in [0.2, 0.25) is 0 Å². The Morgan fingerprint density at radius 2 is 1.89 bits per heavy atom. The van der Waals surface area contributed by atoms with Gasteiger partial charge in [-0.25, -0.2) is 33.0 Å². The molecule has 0 radical (unpaired) electrons. The molecule has 4 aromatic rings. The predicted octanol–water partition coefficient (Wildman–Crippen LogP) is 2.58. The first-order chi connectivity index (χ1) is 22.1. The minimum Gasteiger partial charge on any atom is -0.382 e. The molecule has 0 saturated carbocycles. The molecular weight excluding hydrogens is 698 g/mol. The van der Waals surface area contributed by atoms with Crippen LogP contribution in [-0.4, -0.2) is 90.4 Å². The second-order valence-corrected chi connectivity index (χ2v) is 15.9. The largest absolute Gasteiger partial charge is 0.698 e. The average molecular weight is 721 g/mol. The molecule has 0 aliphatic carbocycles. The predicted molar refractivity (Wildman–Crippen MR) is 157 cm³/mol. The molecule has 3 fully saturated rings. The highest BCUT2D eigenvalue weighted by Crippen LogP contribution is 2.65. The lowest BCUT2D eigenvalue weighted by molar-refractivity contribution is -0.0598. The Kier molecular flexibility index (Phi) is 8.45. The van der Waals surface area contributed by atoms with Gasteiger partial charge < -0.3 is 20.9 Å². The van der Waals surface area contributed by atoms with Crippen LogP contribution in [-0.2, 0) is 36.7 Å². The maximum Gasteiger partial charge on any atom is 0.698 e. The summed E-state index contributed by atoms with van der Waals surface area (Å²) in [6.07, 6.45) is -10.6. The van der Waals surface area contributed by atoms with Crippen molar-refractivity contribution >= 4 is 71.0 Å². The lowest BCUT2D eigenvalue weighted by Crippen LogP contribution is -2.33. The molecule has 1 amide bonds. The quantitative estimate of drug-likeness (QED) is 0.156. The van der Waals surface area contributed by atoms with E-state index in [1.165, 1.54) is 29.1 Å². The first kappa shape index (κ1) is 31.7. The van der Waals surface area contributed by atoms with Gasteiger partial charge >= 0.3 is 15.1 Å². The molecule has 24 heteroatoms. The van der Waals surface area contributed by atoms with Gasteiger partial charge in [0, 0.05) is 15.0 Å². The van der Waals surface area contributed by atoms with Crippen LogP contribution >= 0.6 is 37.1 Å². The fourth-order valence-electron chi connectivity index (χ4n) is 5.37. The van der Waals surface area contributed by atoms with Gasteiger partial charge in [-0.2, -0.15) is 0 Å². The van der Waals surface area contributed by atoms with Crippen molar-refractivity contribution in [1.82, 2.24) is 34.5 Å². The van der Waals surface area contributed by atoms with E-state index < -0.39 is 83.4 Å². The van der Waals surface area contributed by atoms with E-state index in [0.717, 1.165) is 11.0 Å². The Labute approximate surface area is 265 Å². The van der Waals surface area contributed by atoms with E-state index in [2.05, 4.69) is 36.9 Å². The molecule has 2 bridgehead atoms. The van der Waals surface area contributed by atoms with E-state index in [-0.39, 0.29) is 33.6 Å². The Morgan fingerprint density at radius 3 is 2.67 bits per heavy atom. The van der Waals surface area contributed by atoms with Crippen LogP contribution in [0.5, 0.6) is 0 Å². The van der Waals surface area contributed by atoms with Crippen molar-refractivity contribution in [3.63, 3.8) is 0 Å². The minimum absolute atomic E-state index is 0.0475. The third kappa shape index (κ3) is 5.45. The maximum atomic E-state index is 16.1. The molecule has 7 rings (SSSR count). The summed E-state index contributed by atoms with van der Waals surface area (Å²) in [5, 5.41) is 7.95. The van der Waals surface area contributed by atoms with Crippen molar-refractivity contribution < 1.29 is 50.3 Å². The Morgan fingerprint density at radius 1 is 1.09 bits per heavy atom. The smallest absolute Gasteiger partial charge is 0.382 e. The molecule has 10 atom stereocenters. The van der Waals surface area contributed by atoms with Crippen LogP contribution in [0.15, 0.2) is 30.9 Å². The van der Waals surface area contributed by atoms with Crippen LogP contribution in [0.3, 0.4) is 0 Å². The number of carbonyl (C=O) groups is 1. The van der Waals surface area contributed by atoms with Gasteiger partial charge in [0.05, 0.1) is 24.0 Å². The van der Waals surface area contributed by atoms with Gasteiger partial charge in [0.2, 0.25) is 0 Å². The second kappa shape index (κ2) is 12.3. The van der Waals surface area contributed by atoms with Crippen molar-refractivity contribution in [3.05, 3.63) is 36.4 Å². The Balaban J connectivity index is 1.19. The zero-order chi connectivity index (χ0) is 32.3. The van der Waals surface area contributed by atoms with E-state index in [1.54, 1.807) is 0 Å². The van der Waals surface area contributed by atoms with Crippen LogP contribution in [0.25, 0.3) is 22.2 Å². The van der Waals surface area contributed by atoms with Crippen molar-refractivity contribution in [1.29, 1.82) is 0 Å². The van der Waals surface area contributed by atoms with E-state index in [4.69, 9.17) is 39.0 Å². The number of anilines is 1. The molecule has 3 saturated heterocycles. The van der Waals surface area contributed by atoms with Crippen molar-refractivity contribution in [2.75, 3.05) is 18.9 Å². The number of hydrogen-bond donors (Lipinski definition) is 3. The average Bonchev–Trinajstić information content (AvgIpc) is 3.80. The maximum absolute atomic E-state index is 16.1. The number of aromatic nitrogens is 7. The van der Waals surface area contributed by atoms with Gasteiger partial charge in [-0.1, -0.05) is 22.9 Å². The monoisotopic (exact) mass is 720 g/mol. The van der Waals surface area contributed by atoms with Crippen molar-refractivity contribution in [2.45, 2.75) is 49.2 Å². The molecule has 3 aliphatic rings. The first-order valence-electron chi connectivity index (χ1n) is 13.3. The van der Waals surface area contributed by atoms with E-state index in [0.29, 0.717) is 10.4 Å². The SMILES string of the molecule is NC(=O)c1cccc2c1nnn2[C@@H]1O[C@@H]2CO[P@@](=O)(SS)O[C@H]3[C@@H](F)[C@H](n4cnc5c(N)ncnc54)O[C@@H]3CO[P+](=O)O[C@@H]1[C@@H]2F. The Hall–Kier alpha value is -2.91. The number of nitrogens with two attached hydrogens (primary N) is 2. The number of primary amides is 1. The number of carbonyl (C=O) groups excluding carboxylic acids is 1. The van der Waals surface area contributed by atoms with Gasteiger partial charge in [0.1, 0.15) is 42.3 Å². The number of benzene rings is 1. The summed E-state index contributed by atoms with van der Waals surface area (Å²) in [5.74, 6) is -0.728. The van der Waals surface area contributed by atoms with Crippen molar-refractivity contribution in [3.8, 4) is 0 Å². The topological polar surface area (TPSA) is 233 Å². The summed E-state index contributed by atoms with van der Waals surface area (Å²) >= 11 is 4.00. The summed E-state index contributed by atoms with van der Waals surface area (Å²) in [6, 6.07) is 4.46. The number of alkyl halides is 2. The van der Waals surface area contributed by atoms with Gasteiger partial charge in [0.15, 0.2) is 42.4 Å². The standard InChI is InChI=1S/C22H21F2N9O9P2S2/c23-12-10-5-38-44(36,46-45)42-16-11(40-21(13(16)24)32-7-29-15-18(25)27-6-28-20(15)32)4-37-43(35)41-17(12)22(39-10)33-9-3-1-2-8(19(26)34)14(9)30-31-33/h1-3,6-7,10-13,16-17,21-22H,4-5H2,(H4-,25,26,27,28,34,45)/p+1/t10-,11-,12-,13-,16-,17-,21-,22-,44-/m1/s1. The number of fused-ring (bicyclic) bond motifs is 5. The molecule has 3 aromatic heterocycles. The van der Waals surface area contributed by atoms with Crippen LogP contribution < -0.4 is 11.5 Å². The fraction of sp³-hybridized carbons (Fsp3) is 0.455. The van der Waals surface area contributed by atoms with Crippen LogP contribution in [0, 0.1) is 0 Å². The molecule has 244 valence electrons. The number of nitrogens with zero attached hydrogens (tertiary/aromatic N) is 7. The number of ether oxygens (including phenoxy) is 2. The fourth-order valence-corrected chi connectivity index (χ4v) is 8.66. The van der Waals surface area contributed by atoms with E-state index in [9.17, 15) is 13.9 Å². The highest BCUT2D eigenvalue weighted by atomic mass is 33.3. The number of amides is 1. The lowest BCUT2D eigenvalue weighted by atomic mass is 10.1. The highest BCUT2D eigenvalue weighted by Gasteiger charge is 2.56. The number of rotatable bonds is 4. The summed E-state index contributed by atoms with van der Waals surface area (Å²) in [6.45, 7) is -5.66. The molecule has 1 unspecified atom stereocenters. The van der Waals surface area contributed by atoms with Gasteiger partial charge in [-0.05, 0) is 12.1 Å². The van der Waals surface area contributed by atoms with Gasteiger partial charge in [-0.15, -0.1) is 14.1 Å². The molecule has 1 aromatic carbocycles. The van der Waals surface area contributed by atoms with Gasteiger partial charge in [-0.3, -0.25) is 18.4 Å².